The summed E-state index contributed by atoms with van der Waals surface area (Å²) < 4.78 is 41.8. The van der Waals surface area contributed by atoms with Gasteiger partial charge in [-0.15, -0.1) is 11.3 Å². The molecule has 0 radical (unpaired) electrons. The van der Waals surface area contributed by atoms with Crippen LogP contribution in [0.2, 0.25) is 0 Å². The van der Waals surface area contributed by atoms with Gasteiger partial charge >= 0.3 is 6.18 Å². The van der Waals surface area contributed by atoms with Crippen LogP contribution in [0.5, 0.6) is 0 Å². The molecule has 7 heteroatoms. The zero-order chi connectivity index (χ0) is 20.9. The SMILES string of the molecule is Cc1ccc(C)c(-c2sc(NC(=O)[C@@H]3C[C@H]4C=C[C@@H]3C4)c(C#N)c2C(F)(F)F)c1. The second kappa shape index (κ2) is 7.03. The molecule has 0 aliphatic heterocycles. The molecule has 1 fully saturated rings. The lowest BCUT2D eigenvalue weighted by molar-refractivity contribution is -0.137. The Labute approximate surface area is 170 Å². The summed E-state index contributed by atoms with van der Waals surface area (Å²) in [6.07, 6.45) is 1.03. The molecule has 2 aromatic rings. The van der Waals surface area contributed by atoms with E-state index in [1.807, 2.05) is 12.1 Å². The maximum Gasteiger partial charge on any atom is 0.419 e. The standard InChI is InChI=1S/C22H19F3N2OS/c1-11-3-4-12(2)15(7-11)19-18(22(23,24)25)17(10-26)21(29-19)27-20(28)16-9-13-5-6-14(16)8-13/h3-7,13-14,16H,8-9H2,1-2H3,(H,27,28)/t13-,14+,16+/m0/s1. The van der Waals surface area contributed by atoms with Gasteiger partial charge in [-0.05, 0) is 49.7 Å². The van der Waals surface area contributed by atoms with E-state index in [0.29, 0.717) is 23.5 Å². The number of thiophene rings is 1. The number of anilines is 1. The summed E-state index contributed by atoms with van der Waals surface area (Å²) in [5.74, 6) is -0.0604. The van der Waals surface area contributed by atoms with Gasteiger partial charge in [0.05, 0.1) is 16.0 Å². The van der Waals surface area contributed by atoms with E-state index in [9.17, 15) is 23.2 Å². The average Bonchev–Trinajstić information content (AvgIpc) is 3.36. The summed E-state index contributed by atoms with van der Waals surface area (Å²) in [5.41, 5.74) is 0.461. The van der Waals surface area contributed by atoms with Crippen LogP contribution in [0, 0.1) is 42.9 Å². The van der Waals surface area contributed by atoms with Crippen molar-refractivity contribution in [3.8, 4) is 16.5 Å². The van der Waals surface area contributed by atoms with Crippen molar-refractivity contribution in [3.05, 3.63) is 52.6 Å². The van der Waals surface area contributed by atoms with Gasteiger partial charge in [-0.25, -0.2) is 0 Å². The van der Waals surface area contributed by atoms with Crippen molar-refractivity contribution in [2.24, 2.45) is 17.8 Å². The van der Waals surface area contributed by atoms with Crippen LogP contribution < -0.4 is 5.32 Å². The lowest BCUT2D eigenvalue weighted by atomic mass is 9.93. The van der Waals surface area contributed by atoms with E-state index in [1.165, 1.54) is 0 Å². The number of carbonyl (C=O) groups is 1. The zero-order valence-corrected chi connectivity index (χ0v) is 16.7. The summed E-state index contributed by atoms with van der Waals surface area (Å²) in [6, 6.07) is 6.96. The van der Waals surface area contributed by atoms with Crippen molar-refractivity contribution in [3.63, 3.8) is 0 Å². The van der Waals surface area contributed by atoms with Crippen LogP contribution in [-0.2, 0) is 11.0 Å². The Morgan fingerprint density at radius 3 is 2.59 bits per heavy atom. The van der Waals surface area contributed by atoms with Crippen molar-refractivity contribution in [2.45, 2.75) is 32.9 Å². The second-order valence-corrected chi connectivity index (χ2v) is 8.83. The average molecular weight is 416 g/mol. The molecule has 2 aliphatic rings. The molecule has 3 nitrogen and oxygen atoms in total. The molecular weight excluding hydrogens is 397 g/mol. The number of benzene rings is 1. The molecule has 3 atom stereocenters. The monoisotopic (exact) mass is 416 g/mol. The topological polar surface area (TPSA) is 52.9 Å². The van der Waals surface area contributed by atoms with Crippen LogP contribution in [0.1, 0.15) is 35.1 Å². The summed E-state index contributed by atoms with van der Waals surface area (Å²) >= 11 is 0.828. The number of carbonyl (C=O) groups excluding carboxylic acids is 1. The van der Waals surface area contributed by atoms with Crippen LogP contribution in [0.25, 0.3) is 10.4 Å². The van der Waals surface area contributed by atoms with E-state index >= 15 is 0 Å². The van der Waals surface area contributed by atoms with Crippen LogP contribution in [0.15, 0.2) is 30.4 Å². The maximum atomic E-state index is 13.9. The first kappa shape index (κ1) is 19.7. The number of fused-ring (bicyclic) bond motifs is 2. The smallest absolute Gasteiger partial charge is 0.316 e. The molecule has 2 bridgehead atoms. The molecule has 150 valence electrons. The van der Waals surface area contributed by atoms with Gasteiger partial charge in [0.2, 0.25) is 5.91 Å². The molecule has 0 saturated heterocycles. The number of hydrogen-bond acceptors (Lipinski definition) is 3. The number of nitrogens with one attached hydrogen (secondary N) is 1. The van der Waals surface area contributed by atoms with Crippen LogP contribution in [0.4, 0.5) is 18.2 Å². The van der Waals surface area contributed by atoms with Crippen LogP contribution >= 0.6 is 11.3 Å². The minimum atomic E-state index is -4.70. The number of nitriles is 1. The first-order valence-electron chi connectivity index (χ1n) is 9.40. The Morgan fingerprint density at radius 1 is 1.24 bits per heavy atom. The zero-order valence-electron chi connectivity index (χ0n) is 15.9. The van der Waals surface area contributed by atoms with E-state index < -0.39 is 17.3 Å². The fourth-order valence-electron chi connectivity index (χ4n) is 4.35. The molecule has 29 heavy (non-hydrogen) atoms. The number of amides is 1. The number of rotatable bonds is 3. The molecule has 1 aromatic carbocycles. The molecule has 0 spiro atoms. The van der Waals surface area contributed by atoms with Gasteiger partial charge in [0.1, 0.15) is 11.1 Å². The van der Waals surface area contributed by atoms with Crippen LogP contribution in [-0.4, -0.2) is 5.91 Å². The van der Waals surface area contributed by atoms with Gasteiger partial charge in [-0.1, -0.05) is 35.9 Å². The molecule has 1 heterocycles. The van der Waals surface area contributed by atoms with Gasteiger partial charge in [-0.2, -0.15) is 18.4 Å². The molecule has 1 saturated carbocycles. The highest BCUT2D eigenvalue weighted by atomic mass is 32.1. The summed E-state index contributed by atoms with van der Waals surface area (Å²) in [4.78, 5) is 12.7. The van der Waals surface area contributed by atoms with Gasteiger partial charge in [0, 0.05) is 5.92 Å². The first-order valence-corrected chi connectivity index (χ1v) is 10.2. The highest BCUT2D eigenvalue weighted by molar-refractivity contribution is 7.20. The minimum absolute atomic E-state index is 0.0208. The molecule has 2 aliphatic carbocycles. The van der Waals surface area contributed by atoms with Gasteiger partial charge < -0.3 is 5.32 Å². The Balaban J connectivity index is 1.78. The normalized spacial score (nSPS) is 22.7. The van der Waals surface area contributed by atoms with Crippen molar-refractivity contribution in [1.82, 2.24) is 0 Å². The van der Waals surface area contributed by atoms with E-state index in [2.05, 4.69) is 11.4 Å². The molecule has 1 N–H and O–H groups in total. The molecule has 0 unspecified atom stereocenters. The summed E-state index contributed by atoms with van der Waals surface area (Å²) in [7, 11) is 0. The van der Waals surface area contributed by atoms with Gasteiger partial charge in [0.25, 0.3) is 0 Å². The first-order chi connectivity index (χ1) is 13.7. The Kier molecular flexibility index (Phi) is 4.78. The highest BCUT2D eigenvalue weighted by Crippen LogP contribution is 2.49. The van der Waals surface area contributed by atoms with E-state index in [-0.39, 0.29) is 27.6 Å². The molecule has 4 rings (SSSR count). The number of halogens is 3. The quantitative estimate of drug-likeness (QED) is 0.617. The highest BCUT2D eigenvalue weighted by Gasteiger charge is 2.43. The molecule has 1 amide bonds. The van der Waals surface area contributed by atoms with Crippen molar-refractivity contribution in [1.29, 1.82) is 5.26 Å². The largest absolute Gasteiger partial charge is 0.419 e. The van der Waals surface area contributed by atoms with E-state index in [4.69, 9.17) is 0 Å². The minimum Gasteiger partial charge on any atom is -0.316 e. The Morgan fingerprint density at radius 2 is 2.00 bits per heavy atom. The summed E-state index contributed by atoms with van der Waals surface area (Å²) in [6.45, 7) is 3.54. The van der Waals surface area contributed by atoms with E-state index in [1.54, 1.807) is 32.0 Å². The molecular formula is C22H19F3N2OS. The number of nitrogens with zero attached hydrogens (tertiary/aromatic N) is 1. The van der Waals surface area contributed by atoms with E-state index in [0.717, 1.165) is 23.3 Å². The predicted molar refractivity (Wildman–Crippen MR) is 106 cm³/mol. The number of aryl methyl sites for hydroxylation is 2. The fourth-order valence-corrected chi connectivity index (χ4v) is 5.61. The lowest BCUT2D eigenvalue weighted by Crippen LogP contribution is -2.25. The number of hydrogen-bond donors (Lipinski definition) is 1. The third kappa shape index (κ3) is 3.46. The van der Waals surface area contributed by atoms with Crippen molar-refractivity contribution in [2.75, 3.05) is 5.32 Å². The third-order valence-electron chi connectivity index (χ3n) is 5.79. The Bertz CT molecular complexity index is 1060. The molecule has 1 aromatic heterocycles. The summed E-state index contributed by atoms with van der Waals surface area (Å²) in [5, 5.41) is 12.2. The number of alkyl halides is 3. The van der Waals surface area contributed by atoms with Gasteiger partial charge in [0.15, 0.2) is 0 Å². The van der Waals surface area contributed by atoms with Crippen LogP contribution in [0.3, 0.4) is 0 Å². The fraction of sp³-hybridized carbons (Fsp3) is 0.364. The van der Waals surface area contributed by atoms with Crippen molar-refractivity contribution < 1.29 is 18.0 Å². The predicted octanol–water partition coefficient (Wildman–Crippen LogP) is 6.07. The second-order valence-electron chi connectivity index (χ2n) is 7.81. The third-order valence-corrected chi connectivity index (χ3v) is 6.93. The Hall–Kier alpha value is -2.59. The number of allylic oxidation sites excluding steroid dienone is 2. The van der Waals surface area contributed by atoms with Gasteiger partial charge in [-0.3, -0.25) is 4.79 Å². The lowest BCUT2D eigenvalue weighted by Gasteiger charge is -2.17. The van der Waals surface area contributed by atoms with Crippen molar-refractivity contribution >= 4 is 22.2 Å². The maximum absolute atomic E-state index is 13.9.